The number of aryl methyl sites for hydroxylation is 1. The zero-order valence-electron chi connectivity index (χ0n) is 12.5. The molecule has 0 bridgehead atoms. The summed E-state index contributed by atoms with van der Waals surface area (Å²) in [5.74, 6) is -1.70. The first-order chi connectivity index (χ1) is 10.1. The van der Waals surface area contributed by atoms with E-state index in [4.69, 9.17) is 11.5 Å². The first-order valence-corrected chi connectivity index (χ1v) is 8.36. The molecule has 1 aromatic heterocycles. The quantitative estimate of drug-likeness (QED) is 0.764. The van der Waals surface area contributed by atoms with Gasteiger partial charge in [0, 0.05) is 25.8 Å². The number of nitrogens with two attached hydrogens (primary N) is 2. The molecule has 2 rings (SSSR count). The lowest BCUT2D eigenvalue weighted by Crippen LogP contribution is -2.48. The fourth-order valence-electron chi connectivity index (χ4n) is 2.70. The molecule has 122 valence electrons. The molecular formula is C13H20N4O4S. The van der Waals surface area contributed by atoms with Crippen molar-refractivity contribution in [3.8, 4) is 0 Å². The molecule has 1 fully saturated rings. The molecular weight excluding hydrogens is 308 g/mol. The van der Waals surface area contributed by atoms with Gasteiger partial charge in [0.2, 0.25) is 15.9 Å². The summed E-state index contributed by atoms with van der Waals surface area (Å²) in [7, 11) is -2.27. The zero-order chi connectivity index (χ0) is 16.7. The van der Waals surface area contributed by atoms with Crippen molar-refractivity contribution >= 4 is 21.8 Å². The van der Waals surface area contributed by atoms with E-state index in [0.29, 0.717) is 12.8 Å². The lowest BCUT2D eigenvalue weighted by molar-refractivity contribution is -0.123. The highest BCUT2D eigenvalue weighted by Gasteiger charge is 2.37. The van der Waals surface area contributed by atoms with Crippen LogP contribution in [-0.2, 0) is 21.9 Å². The van der Waals surface area contributed by atoms with Gasteiger partial charge in [-0.05, 0) is 25.8 Å². The molecule has 1 saturated heterocycles. The SMILES string of the molecule is C[C@@H]1CC[C@H](C(N)=O)CN1S(=O)(=O)c1cc(C(N)=O)n(C)c1. The Morgan fingerprint density at radius 1 is 1.27 bits per heavy atom. The minimum atomic E-state index is -3.82. The highest BCUT2D eigenvalue weighted by molar-refractivity contribution is 7.89. The minimum Gasteiger partial charge on any atom is -0.369 e. The van der Waals surface area contributed by atoms with Gasteiger partial charge in [0.25, 0.3) is 5.91 Å². The monoisotopic (exact) mass is 328 g/mol. The van der Waals surface area contributed by atoms with Crippen molar-refractivity contribution in [3.05, 3.63) is 18.0 Å². The van der Waals surface area contributed by atoms with Crippen LogP contribution in [0.3, 0.4) is 0 Å². The molecule has 0 spiro atoms. The third-order valence-corrected chi connectivity index (χ3v) is 6.01. The van der Waals surface area contributed by atoms with Crippen LogP contribution in [0.5, 0.6) is 0 Å². The Morgan fingerprint density at radius 3 is 2.41 bits per heavy atom. The summed E-state index contributed by atoms with van der Waals surface area (Å²) in [5.41, 5.74) is 10.6. The molecule has 2 heterocycles. The predicted octanol–water partition coefficient (Wildman–Crippen LogP) is -0.601. The van der Waals surface area contributed by atoms with Gasteiger partial charge in [0.15, 0.2) is 0 Å². The first kappa shape index (κ1) is 16.5. The second kappa shape index (κ2) is 5.73. The Hall–Kier alpha value is -1.87. The molecule has 1 aliphatic rings. The Balaban J connectivity index is 2.38. The lowest BCUT2D eigenvalue weighted by Gasteiger charge is -2.35. The molecule has 0 saturated carbocycles. The van der Waals surface area contributed by atoms with E-state index in [2.05, 4.69) is 0 Å². The Bertz CT molecular complexity index is 710. The van der Waals surface area contributed by atoms with Gasteiger partial charge in [0.05, 0.1) is 5.92 Å². The number of carbonyl (C=O) groups excluding carboxylic acids is 2. The number of aromatic nitrogens is 1. The van der Waals surface area contributed by atoms with Gasteiger partial charge < -0.3 is 16.0 Å². The number of hydrogen-bond acceptors (Lipinski definition) is 4. The molecule has 1 aliphatic heterocycles. The van der Waals surface area contributed by atoms with Gasteiger partial charge in [-0.1, -0.05) is 0 Å². The molecule has 22 heavy (non-hydrogen) atoms. The van der Waals surface area contributed by atoms with Crippen molar-refractivity contribution in [2.45, 2.75) is 30.7 Å². The summed E-state index contributed by atoms with van der Waals surface area (Å²) in [6.07, 6.45) is 2.47. The Kier molecular flexibility index (Phi) is 4.30. The summed E-state index contributed by atoms with van der Waals surface area (Å²) >= 11 is 0. The second-order valence-corrected chi connectivity index (χ2v) is 7.53. The molecule has 0 radical (unpaired) electrons. The summed E-state index contributed by atoms with van der Waals surface area (Å²) in [6, 6.07) is 1.01. The summed E-state index contributed by atoms with van der Waals surface area (Å²) in [6.45, 7) is 1.84. The van der Waals surface area contributed by atoms with Crippen LogP contribution in [0.1, 0.15) is 30.3 Å². The van der Waals surface area contributed by atoms with E-state index in [1.807, 2.05) is 0 Å². The molecule has 0 unspecified atom stereocenters. The molecule has 2 amide bonds. The van der Waals surface area contributed by atoms with Crippen LogP contribution in [0.15, 0.2) is 17.2 Å². The number of nitrogens with zero attached hydrogens (tertiary/aromatic N) is 2. The van der Waals surface area contributed by atoms with Gasteiger partial charge in [-0.2, -0.15) is 4.31 Å². The summed E-state index contributed by atoms with van der Waals surface area (Å²) < 4.78 is 28.2. The van der Waals surface area contributed by atoms with Crippen LogP contribution in [-0.4, -0.2) is 41.7 Å². The molecule has 0 aromatic carbocycles. The number of piperidine rings is 1. The van der Waals surface area contributed by atoms with Crippen molar-refractivity contribution in [2.75, 3.05) is 6.54 Å². The largest absolute Gasteiger partial charge is 0.369 e. The first-order valence-electron chi connectivity index (χ1n) is 6.92. The van der Waals surface area contributed by atoms with Crippen molar-refractivity contribution in [1.29, 1.82) is 0 Å². The van der Waals surface area contributed by atoms with E-state index in [0.717, 1.165) is 0 Å². The van der Waals surface area contributed by atoms with Gasteiger partial charge in [-0.15, -0.1) is 0 Å². The van der Waals surface area contributed by atoms with E-state index >= 15 is 0 Å². The highest BCUT2D eigenvalue weighted by atomic mass is 32.2. The van der Waals surface area contributed by atoms with E-state index in [-0.39, 0.29) is 23.2 Å². The topological polar surface area (TPSA) is 128 Å². The maximum atomic E-state index is 12.8. The molecule has 4 N–H and O–H groups in total. The molecule has 9 heteroatoms. The molecule has 2 atom stereocenters. The second-order valence-electron chi connectivity index (χ2n) is 5.64. The van der Waals surface area contributed by atoms with Gasteiger partial charge in [0.1, 0.15) is 10.6 Å². The van der Waals surface area contributed by atoms with Crippen molar-refractivity contribution in [1.82, 2.24) is 8.87 Å². The minimum absolute atomic E-state index is 0.0132. The number of amides is 2. The maximum Gasteiger partial charge on any atom is 0.265 e. The third-order valence-electron chi connectivity index (χ3n) is 4.07. The van der Waals surface area contributed by atoms with Crippen molar-refractivity contribution in [2.24, 2.45) is 24.4 Å². The molecule has 0 aliphatic carbocycles. The number of rotatable bonds is 4. The average Bonchev–Trinajstić information content (AvgIpc) is 2.81. The van der Waals surface area contributed by atoms with E-state index < -0.39 is 27.8 Å². The molecule has 8 nitrogen and oxygen atoms in total. The standard InChI is InChI=1S/C13H20N4O4S/c1-8-3-4-9(12(14)18)6-17(8)22(20,21)10-5-11(13(15)19)16(2)7-10/h5,7-9H,3-4,6H2,1-2H3,(H2,14,18)(H2,15,19)/t8-,9+/m1/s1. The van der Waals surface area contributed by atoms with Crippen LogP contribution in [0.25, 0.3) is 0 Å². The normalized spacial score (nSPS) is 23.4. The predicted molar refractivity (Wildman–Crippen MR) is 79.2 cm³/mol. The van der Waals surface area contributed by atoms with Gasteiger partial charge >= 0.3 is 0 Å². The van der Waals surface area contributed by atoms with Crippen molar-refractivity contribution < 1.29 is 18.0 Å². The zero-order valence-corrected chi connectivity index (χ0v) is 13.3. The van der Waals surface area contributed by atoms with Crippen LogP contribution in [0.2, 0.25) is 0 Å². The number of primary amides is 2. The van der Waals surface area contributed by atoms with Gasteiger partial charge in [-0.3, -0.25) is 9.59 Å². The smallest absolute Gasteiger partial charge is 0.265 e. The van der Waals surface area contributed by atoms with Crippen molar-refractivity contribution in [3.63, 3.8) is 0 Å². The van der Waals surface area contributed by atoms with Crippen LogP contribution < -0.4 is 11.5 Å². The number of hydrogen-bond donors (Lipinski definition) is 2. The summed E-state index contributed by atoms with van der Waals surface area (Å²) in [5, 5.41) is 0. The van der Waals surface area contributed by atoms with E-state index in [9.17, 15) is 18.0 Å². The van der Waals surface area contributed by atoms with Crippen LogP contribution in [0, 0.1) is 5.92 Å². The molecule has 1 aromatic rings. The Morgan fingerprint density at radius 2 is 1.91 bits per heavy atom. The van der Waals surface area contributed by atoms with Gasteiger partial charge in [-0.25, -0.2) is 8.42 Å². The lowest BCUT2D eigenvalue weighted by atomic mass is 9.95. The Labute approximate surface area is 129 Å². The maximum absolute atomic E-state index is 12.8. The fourth-order valence-corrected chi connectivity index (χ4v) is 4.48. The average molecular weight is 328 g/mol. The van der Waals surface area contributed by atoms with E-state index in [1.54, 1.807) is 14.0 Å². The summed E-state index contributed by atoms with van der Waals surface area (Å²) in [4.78, 5) is 22.6. The van der Waals surface area contributed by atoms with E-state index in [1.165, 1.54) is 21.1 Å². The number of sulfonamides is 1. The number of carbonyl (C=O) groups is 2. The van der Waals surface area contributed by atoms with Crippen LogP contribution in [0.4, 0.5) is 0 Å². The fraction of sp³-hybridized carbons (Fsp3) is 0.538. The highest BCUT2D eigenvalue weighted by Crippen LogP contribution is 2.28. The third kappa shape index (κ3) is 2.86. The van der Waals surface area contributed by atoms with Crippen LogP contribution >= 0.6 is 0 Å².